The Morgan fingerprint density at radius 3 is 2.47 bits per heavy atom. The molecule has 3 N–H and O–H groups in total. The second-order valence-corrected chi connectivity index (χ2v) is 8.84. The second kappa shape index (κ2) is 7.67. The van der Waals surface area contributed by atoms with E-state index in [0.29, 0.717) is 11.1 Å². The number of benzene rings is 3. The summed E-state index contributed by atoms with van der Waals surface area (Å²) in [5, 5.41) is 21.5. The van der Waals surface area contributed by atoms with Crippen LogP contribution < -0.4 is 5.32 Å². The summed E-state index contributed by atoms with van der Waals surface area (Å²) in [4.78, 5) is 0. The van der Waals surface area contributed by atoms with Crippen molar-refractivity contribution in [2.75, 3.05) is 0 Å². The van der Waals surface area contributed by atoms with Gasteiger partial charge in [0.25, 0.3) is 0 Å². The Balaban J connectivity index is 1.96. The molecule has 0 bridgehead atoms. The van der Waals surface area contributed by atoms with Crippen LogP contribution in [0.1, 0.15) is 63.1 Å². The van der Waals surface area contributed by atoms with Crippen LogP contribution in [-0.4, -0.2) is 11.7 Å². The highest BCUT2D eigenvalue weighted by molar-refractivity contribution is 6.28. The topological polar surface area (TPSA) is 59.7 Å². The molecule has 3 aromatic rings. The molecule has 3 aromatic carbocycles. The molecule has 0 radical (unpaired) electrons. The van der Waals surface area contributed by atoms with Gasteiger partial charge in [0.1, 0.15) is 17.5 Å². The van der Waals surface area contributed by atoms with Crippen LogP contribution in [0.15, 0.2) is 48.5 Å². The number of fused-ring (bicyclic) bond motifs is 2. The van der Waals surface area contributed by atoms with Gasteiger partial charge in [-0.3, -0.25) is 10.8 Å². The fourth-order valence-electron chi connectivity index (χ4n) is 4.43. The lowest BCUT2D eigenvalue weighted by molar-refractivity contribution is 0.450. The third-order valence-electron chi connectivity index (χ3n) is 6.21. The van der Waals surface area contributed by atoms with Crippen LogP contribution in [-0.2, 0) is 5.41 Å². The molecule has 0 aromatic heterocycles. The third kappa shape index (κ3) is 3.51. The minimum atomic E-state index is -0.304. The lowest BCUT2D eigenvalue weighted by Gasteiger charge is -2.26. The number of nitrogens with one attached hydrogen (secondary N) is 3. The maximum absolute atomic E-state index is 14.1. The molecule has 0 aliphatic carbocycles. The smallest absolute Gasteiger partial charge is 0.132 e. The highest BCUT2D eigenvalue weighted by Crippen LogP contribution is 2.39. The van der Waals surface area contributed by atoms with Crippen molar-refractivity contribution in [1.29, 1.82) is 10.8 Å². The van der Waals surface area contributed by atoms with Gasteiger partial charge in [-0.25, -0.2) is 4.39 Å². The van der Waals surface area contributed by atoms with E-state index in [9.17, 15) is 4.39 Å². The minimum absolute atomic E-state index is 0.0278. The van der Waals surface area contributed by atoms with E-state index in [2.05, 4.69) is 44.3 Å². The van der Waals surface area contributed by atoms with Gasteiger partial charge in [0.15, 0.2) is 0 Å². The Labute approximate surface area is 177 Å². The number of hydrogen-bond donors (Lipinski definition) is 3. The molecule has 0 unspecified atom stereocenters. The molecule has 4 heteroatoms. The molecule has 3 nitrogen and oxygen atoms in total. The largest absolute Gasteiger partial charge is 0.325 e. The minimum Gasteiger partial charge on any atom is -0.325 e. The first-order valence-corrected chi connectivity index (χ1v) is 10.6. The highest BCUT2D eigenvalue weighted by atomic mass is 19.1. The summed E-state index contributed by atoms with van der Waals surface area (Å²) in [6.07, 6.45) is 4.72. The normalized spacial score (nSPS) is 13.6. The van der Waals surface area contributed by atoms with E-state index < -0.39 is 0 Å². The number of rotatable bonds is 6. The summed E-state index contributed by atoms with van der Waals surface area (Å²) in [5.41, 5.74) is 4.21. The molecule has 0 fully saturated rings. The zero-order valence-electron chi connectivity index (χ0n) is 17.8. The molecule has 1 aliphatic rings. The fraction of sp³-hybridized carbons (Fsp3) is 0.308. The van der Waals surface area contributed by atoms with E-state index in [-0.39, 0.29) is 22.9 Å². The molecule has 0 saturated heterocycles. The summed E-state index contributed by atoms with van der Waals surface area (Å²) in [5.74, 6) is 0.115. The molecule has 30 heavy (non-hydrogen) atoms. The van der Waals surface area contributed by atoms with E-state index in [1.54, 1.807) is 6.07 Å². The van der Waals surface area contributed by atoms with Crippen LogP contribution in [0.2, 0.25) is 0 Å². The Kier molecular flexibility index (Phi) is 5.19. The quantitative estimate of drug-likeness (QED) is 0.393. The first-order chi connectivity index (χ1) is 14.3. The summed E-state index contributed by atoms with van der Waals surface area (Å²) >= 11 is 0. The van der Waals surface area contributed by atoms with Crippen LogP contribution in [0.4, 0.5) is 4.39 Å². The summed E-state index contributed by atoms with van der Waals surface area (Å²) < 4.78 is 14.1. The maximum atomic E-state index is 14.1. The SMILES string of the molecule is CCCCCC(C)(C)c1ccc2cc3c(c(-c4cccc(F)c4)c2c1)C(=N)NC3=N. The third-order valence-corrected chi connectivity index (χ3v) is 6.21. The number of unbranched alkanes of at least 4 members (excludes halogenated alkanes) is 2. The van der Waals surface area contributed by atoms with Gasteiger partial charge >= 0.3 is 0 Å². The molecule has 154 valence electrons. The molecule has 0 spiro atoms. The number of hydrogen-bond acceptors (Lipinski definition) is 2. The predicted molar refractivity (Wildman–Crippen MR) is 123 cm³/mol. The first-order valence-electron chi connectivity index (χ1n) is 10.6. The van der Waals surface area contributed by atoms with Crippen molar-refractivity contribution >= 4 is 22.4 Å². The van der Waals surface area contributed by atoms with Gasteiger partial charge in [0, 0.05) is 16.7 Å². The van der Waals surface area contributed by atoms with Crippen molar-refractivity contribution in [3.05, 3.63) is 71.0 Å². The lowest BCUT2D eigenvalue weighted by atomic mass is 9.78. The summed E-state index contributed by atoms with van der Waals surface area (Å²) in [7, 11) is 0. The Morgan fingerprint density at radius 2 is 1.73 bits per heavy atom. The van der Waals surface area contributed by atoms with E-state index in [4.69, 9.17) is 10.8 Å². The molecular formula is C26H28FN3. The lowest BCUT2D eigenvalue weighted by Crippen LogP contribution is -2.20. The Bertz CT molecular complexity index is 1160. The van der Waals surface area contributed by atoms with Gasteiger partial charge in [-0.1, -0.05) is 64.3 Å². The standard InChI is InChI=1S/C26H28FN3/c1-4-5-6-12-26(2,3)18-11-10-16-14-21-23(25(29)30-24(21)28)22(20(16)15-18)17-8-7-9-19(27)13-17/h7-11,13-15H,4-6,12H2,1-3H3,(H3,28,29,30). The average molecular weight is 402 g/mol. The Hall–Kier alpha value is -3.01. The van der Waals surface area contributed by atoms with E-state index in [1.165, 1.54) is 37.0 Å². The highest BCUT2D eigenvalue weighted by Gasteiger charge is 2.28. The molecule has 0 amide bonds. The van der Waals surface area contributed by atoms with Gasteiger partial charge < -0.3 is 5.32 Å². The van der Waals surface area contributed by atoms with Crippen LogP contribution in [0.5, 0.6) is 0 Å². The van der Waals surface area contributed by atoms with Crippen LogP contribution in [0, 0.1) is 16.6 Å². The second-order valence-electron chi connectivity index (χ2n) is 8.84. The van der Waals surface area contributed by atoms with Crippen LogP contribution >= 0.6 is 0 Å². The molecule has 4 rings (SSSR count). The first kappa shape index (κ1) is 20.3. The van der Waals surface area contributed by atoms with Crippen molar-refractivity contribution in [1.82, 2.24) is 5.32 Å². The molecular weight excluding hydrogens is 373 g/mol. The van der Waals surface area contributed by atoms with Gasteiger partial charge in [-0.15, -0.1) is 0 Å². The molecule has 1 aliphatic heterocycles. The summed E-state index contributed by atoms with van der Waals surface area (Å²) in [6.45, 7) is 6.77. The fourth-order valence-corrected chi connectivity index (χ4v) is 4.43. The van der Waals surface area contributed by atoms with Crippen LogP contribution in [0.3, 0.4) is 0 Å². The van der Waals surface area contributed by atoms with Gasteiger partial charge in [0.2, 0.25) is 0 Å². The molecule has 1 heterocycles. The van der Waals surface area contributed by atoms with Gasteiger partial charge in [-0.05, 0) is 58.0 Å². The van der Waals surface area contributed by atoms with Crippen molar-refractivity contribution < 1.29 is 4.39 Å². The van der Waals surface area contributed by atoms with Gasteiger partial charge in [0.05, 0.1) is 0 Å². The predicted octanol–water partition coefficient (Wildman–Crippen LogP) is 6.76. The van der Waals surface area contributed by atoms with Crippen molar-refractivity contribution in [2.24, 2.45) is 0 Å². The zero-order chi connectivity index (χ0) is 21.5. The van der Waals surface area contributed by atoms with Crippen molar-refractivity contribution in [3.8, 4) is 11.1 Å². The van der Waals surface area contributed by atoms with Crippen molar-refractivity contribution in [2.45, 2.75) is 51.9 Å². The maximum Gasteiger partial charge on any atom is 0.132 e. The van der Waals surface area contributed by atoms with E-state index in [1.807, 2.05) is 12.1 Å². The van der Waals surface area contributed by atoms with Crippen molar-refractivity contribution in [3.63, 3.8) is 0 Å². The zero-order valence-corrected chi connectivity index (χ0v) is 17.8. The molecule has 0 atom stereocenters. The number of halogens is 1. The van der Waals surface area contributed by atoms with Gasteiger partial charge in [-0.2, -0.15) is 0 Å². The van der Waals surface area contributed by atoms with E-state index >= 15 is 0 Å². The number of amidine groups is 2. The molecule has 0 saturated carbocycles. The average Bonchev–Trinajstić information content (AvgIpc) is 2.99. The van der Waals surface area contributed by atoms with Crippen LogP contribution in [0.25, 0.3) is 21.9 Å². The summed E-state index contributed by atoms with van der Waals surface area (Å²) in [6, 6.07) is 15.0. The monoisotopic (exact) mass is 401 g/mol. The Morgan fingerprint density at radius 1 is 0.933 bits per heavy atom. The van der Waals surface area contributed by atoms with E-state index in [0.717, 1.165) is 28.3 Å².